The summed E-state index contributed by atoms with van der Waals surface area (Å²) in [6.45, 7) is 7.19. The van der Waals surface area contributed by atoms with E-state index in [1.165, 1.54) is 0 Å². The summed E-state index contributed by atoms with van der Waals surface area (Å²) in [5.74, 6) is -0.219. The van der Waals surface area contributed by atoms with Crippen LogP contribution in [0.25, 0.3) is 0 Å². The molecule has 0 N–H and O–H groups in total. The summed E-state index contributed by atoms with van der Waals surface area (Å²) in [7, 11) is 0. The van der Waals surface area contributed by atoms with Gasteiger partial charge in [-0.05, 0) is 13.8 Å². The fourth-order valence-electron chi connectivity index (χ4n) is 1.10. The first-order valence-corrected chi connectivity index (χ1v) is 5.39. The maximum absolute atomic E-state index is 10.9. The first kappa shape index (κ1) is 11.0. The molecule has 1 aliphatic rings. The van der Waals surface area contributed by atoms with Gasteiger partial charge in [0.1, 0.15) is 11.9 Å². The Balaban J connectivity index is 2.41. The third-order valence-electron chi connectivity index (χ3n) is 2.87. The molecular weight excluding hydrogens is 236 g/mol. The van der Waals surface area contributed by atoms with Crippen LogP contribution in [-0.4, -0.2) is 30.1 Å². The second kappa shape index (κ2) is 3.58. The number of halogens is 1. The fraction of sp³-hybridized carbons (Fsp3) is 0.889. The largest absolute Gasteiger partial charge is 0.464 e. The minimum atomic E-state index is -0.219. The Hall–Kier alpha value is -0.0900. The molecule has 0 aromatic carbocycles. The van der Waals surface area contributed by atoms with E-state index in [2.05, 4.69) is 22.9 Å². The van der Waals surface area contributed by atoms with Gasteiger partial charge in [-0.2, -0.15) is 0 Å². The summed E-state index contributed by atoms with van der Waals surface area (Å²) in [6.07, 6.45) is 0. The zero-order chi connectivity index (χ0) is 10.1. The topological polar surface area (TPSA) is 35.5 Å². The lowest BCUT2D eigenvalue weighted by Crippen LogP contribution is -2.60. The van der Waals surface area contributed by atoms with Crippen LogP contribution in [0.5, 0.6) is 0 Å². The van der Waals surface area contributed by atoms with Gasteiger partial charge in [0.15, 0.2) is 0 Å². The average molecular weight is 251 g/mol. The molecule has 1 rings (SSSR count). The van der Waals surface area contributed by atoms with Crippen LogP contribution in [0.1, 0.15) is 20.8 Å². The molecule has 0 amide bonds. The van der Waals surface area contributed by atoms with E-state index in [4.69, 9.17) is 9.47 Å². The second-order valence-electron chi connectivity index (χ2n) is 4.15. The molecule has 1 aliphatic heterocycles. The molecule has 0 bridgehead atoms. The summed E-state index contributed by atoms with van der Waals surface area (Å²) in [6, 6.07) is 0. The molecule has 3 nitrogen and oxygen atoms in total. The highest BCUT2D eigenvalue weighted by Gasteiger charge is 2.52. The zero-order valence-corrected chi connectivity index (χ0v) is 9.81. The molecule has 0 aromatic rings. The van der Waals surface area contributed by atoms with Crippen molar-refractivity contribution in [1.82, 2.24) is 0 Å². The minimum Gasteiger partial charge on any atom is -0.464 e. The van der Waals surface area contributed by atoms with Crippen LogP contribution < -0.4 is 0 Å². The van der Waals surface area contributed by atoms with E-state index in [1.54, 1.807) is 0 Å². The normalized spacial score (nSPS) is 30.8. The van der Waals surface area contributed by atoms with Crippen LogP contribution in [0.2, 0.25) is 0 Å². The molecule has 0 spiro atoms. The summed E-state index contributed by atoms with van der Waals surface area (Å²) in [5.41, 5.74) is -0.218. The molecule has 1 fully saturated rings. The van der Waals surface area contributed by atoms with Crippen LogP contribution in [0.4, 0.5) is 0 Å². The fourth-order valence-corrected chi connectivity index (χ4v) is 1.26. The van der Waals surface area contributed by atoms with Crippen molar-refractivity contribution in [3.8, 4) is 0 Å². The van der Waals surface area contributed by atoms with Crippen molar-refractivity contribution in [3.05, 3.63) is 0 Å². The number of carbonyl (C=O) groups is 1. The van der Waals surface area contributed by atoms with E-state index in [-0.39, 0.29) is 22.3 Å². The first-order valence-electron chi connectivity index (χ1n) is 4.27. The van der Waals surface area contributed by atoms with Crippen molar-refractivity contribution < 1.29 is 14.3 Å². The van der Waals surface area contributed by atoms with Crippen LogP contribution in [0, 0.1) is 5.41 Å². The van der Waals surface area contributed by atoms with Crippen molar-refractivity contribution in [2.75, 3.05) is 18.5 Å². The van der Waals surface area contributed by atoms with Gasteiger partial charge in [-0.3, -0.25) is 4.79 Å². The molecule has 1 unspecified atom stereocenters. The lowest BCUT2D eigenvalue weighted by Gasteiger charge is -2.53. The highest BCUT2D eigenvalue weighted by molar-refractivity contribution is 9.09. The van der Waals surface area contributed by atoms with E-state index in [0.29, 0.717) is 13.2 Å². The Morgan fingerprint density at radius 1 is 1.54 bits per heavy atom. The molecule has 0 aromatic heterocycles. The Bertz CT molecular complexity index is 215. The quantitative estimate of drug-likeness (QED) is 0.566. The Labute approximate surface area is 86.9 Å². The van der Waals surface area contributed by atoms with Crippen molar-refractivity contribution in [2.24, 2.45) is 5.41 Å². The molecular formula is C9H15BrO3. The van der Waals surface area contributed by atoms with Gasteiger partial charge in [0.2, 0.25) is 0 Å². The van der Waals surface area contributed by atoms with Crippen LogP contribution in [0.15, 0.2) is 0 Å². The molecule has 0 radical (unpaired) electrons. The zero-order valence-electron chi connectivity index (χ0n) is 8.22. The predicted octanol–water partition coefficient (Wildman–Crippen LogP) is 1.74. The Morgan fingerprint density at radius 2 is 2.15 bits per heavy atom. The lowest BCUT2D eigenvalue weighted by molar-refractivity contribution is -0.255. The number of carbonyl (C=O) groups excluding carboxylic acids is 1. The van der Waals surface area contributed by atoms with E-state index >= 15 is 0 Å². The molecule has 1 atom stereocenters. The third-order valence-corrected chi connectivity index (χ3v) is 3.32. The SMILES string of the molecule is CC1(COC(=O)CBr)COC1(C)C. The van der Waals surface area contributed by atoms with Gasteiger partial charge < -0.3 is 9.47 Å². The van der Waals surface area contributed by atoms with E-state index < -0.39 is 0 Å². The highest BCUT2D eigenvalue weighted by atomic mass is 79.9. The van der Waals surface area contributed by atoms with E-state index in [1.807, 2.05) is 13.8 Å². The Kier molecular flexibility index (Phi) is 3.02. The number of ether oxygens (including phenoxy) is 2. The van der Waals surface area contributed by atoms with E-state index in [9.17, 15) is 4.79 Å². The number of hydrogen-bond donors (Lipinski definition) is 0. The first-order chi connectivity index (χ1) is 5.91. The molecule has 13 heavy (non-hydrogen) atoms. The monoisotopic (exact) mass is 250 g/mol. The van der Waals surface area contributed by atoms with Crippen molar-refractivity contribution in [2.45, 2.75) is 26.4 Å². The summed E-state index contributed by atoms with van der Waals surface area (Å²) < 4.78 is 10.5. The second-order valence-corrected chi connectivity index (χ2v) is 4.71. The Morgan fingerprint density at radius 3 is 2.46 bits per heavy atom. The number of hydrogen-bond acceptors (Lipinski definition) is 3. The van der Waals surface area contributed by atoms with Crippen molar-refractivity contribution >= 4 is 21.9 Å². The number of alkyl halides is 1. The van der Waals surface area contributed by atoms with Crippen LogP contribution >= 0.6 is 15.9 Å². The summed E-state index contributed by atoms with van der Waals surface area (Å²) in [4.78, 5) is 10.9. The molecule has 1 saturated heterocycles. The van der Waals surface area contributed by atoms with Crippen LogP contribution in [-0.2, 0) is 14.3 Å². The highest BCUT2D eigenvalue weighted by Crippen LogP contribution is 2.44. The number of rotatable bonds is 3. The minimum absolute atomic E-state index is 0.0369. The van der Waals surface area contributed by atoms with Gasteiger partial charge in [-0.1, -0.05) is 22.9 Å². The maximum atomic E-state index is 10.9. The molecule has 4 heteroatoms. The van der Waals surface area contributed by atoms with Gasteiger partial charge in [0.25, 0.3) is 0 Å². The maximum Gasteiger partial charge on any atom is 0.316 e. The van der Waals surface area contributed by atoms with Crippen molar-refractivity contribution in [3.63, 3.8) is 0 Å². The van der Waals surface area contributed by atoms with Crippen LogP contribution in [0.3, 0.4) is 0 Å². The van der Waals surface area contributed by atoms with Gasteiger partial charge in [0, 0.05) is 0 Å². The predicted molar refractivity (Wildman–Crippen MR) is 52.9 cm³/mol. The summed E-state index contributed by atoms with van der Waals surface area (Å²) in [5, 5.41) is 0.254. The molecule has 0 saturated carbocycles. The molecule has 0 aliphatic carbocycles. The molecule has 1 heterocycles. The average Bonchev–Trinajstić information content (AvgIpc) is 2.11. The van der Waals surface area contributed by atoms with Gasteiger partial charge >= 0.3 is 5.97 Å². The van der Waals surface area contributed by atoms with Gasteiger partial charge in [-0.15, -0.1) is 0 Å². The molecule has 76 valence electrons. The van der Waals surface area contributed by atoms with Gasteiger partial charge in [-0.25, -0.2) is 0 Å². The van der Waals surface area contributed by atoms with E-state index in [0.717, 1.165) is 0 Å². The van der Waals surface area contributed by atoms with Gasteiger partial charge in [0.05, 0.1) is 17.6 Å². The summed E-state index contributed by atoms with van der Waals surface area (Å²) >= 11 is 3.05. The lowest BCUT2D eigenvalue weighted by atomic mass is 9.72. The number of esters is 1. The standard InChI is InChI=1S/C9H15BrO3/c1-8(2)9(3,6-13-8)5-12-7(11)4-10/h4-6H2,1-3H3. The smallest absolute Gasteiger partial charge is 0.316 e. The van der Waals surface area contributed by atoms with Crippen molar-refractivity contribution in [1.29, 1.82) is 0 Å². The third kappa shape index (κ3) is 2.05.